The number of rotatable bonds is 4. The van der Waals surface area contributed by atoms with Gasteiger partial charge in [-0.05, 0) is 31.7 Å². The van der Waals surface area contributed by atoms with E-state index in [-0.39, 0.29) is 36.2 Å². The van der Waals surface area contributed by atoms with Crippen LogP contribution in [0.5, 0.6) is 0 Å². The Bertz CT molecular complexity index is 673. The minimum atomic E-state index is -2.51. The number of pyridine rings is 1. The lowest BCUT2D eigenvalue weighted by molar-refractivity contribution is -0.117. The standard InChI is InChI=1S/C17H22F2N4OS/c1-23-12-6-9-20-14(22-15(24)10-2-3-10)13(12)25-16(23)21-11-4-7-17(18,19)8-5-11/h6,9-11,16,21H,2-5,7-8H2,1H3,(H,20,22,24). The van der Waals surface area contributed by atoms with Crippen molar-refractivity contribution >= 4 is 29.2 Å². The molecule has 2 aliphatic carbocycles. The lowest BCUT2D eigenvalue weighted by atomic mass is 9.92. The minimum absolute atomic E-state index is 0.0347. The monoisotopic (exact) mass is 368 g/mol. The quantitative estimate of drug-likeness (QED) is 0.853. The summed E-state index contributed by atoms with van der Waals surface area (Å²) in [5.41, 5.74) is 0.970. The van der Waals surface area contributed by atoms with Crippen LogP contribution in [-0.2, 0) is 4.79 Å². The second-order valence-corrected chi connectivity index (χ2v) is 8.24. The summed E-state index contributed by atoms with van der Waals surface area (Å²) in [5, 5.41) is 6.42. The smallest absolute Gasteiger partial charge is 0.248 e. The molecule has 25 heavy (non-hydrogen) atoms. The van der Waals surface area contributed by atoms with Crippen LogP contribution in [0.3, 0.4) is 0 Å². The van der Waals surface area contributed by atoms with Gasteiger partial charge in [-0.1, -0.05) is 11.8 Å². The lowest BCUT2D eigenvalue weighted by Gasteiger charge is -2.33. The van der Waals surface area contributed by atoms with Crippen LogP contribution in [0.2, 0.25) is 0 Å². The van der Waals surface area contributed by atoms with E-state index in [1.807, 2.05) is 13.1 Å². The Balaban J connectivity index is 1.43. The molecule has 136 valence electrons. The number of thioether (sulfide) groups is 1. The van der Waals surface area contributed by atoms with Crippen LogP contribution in [0.4, 0.5) is 20.3 Å². The van der Waals surface area contributed by atoms with Gasteiger partial charge < -0.3 is 10.2 Å². The van der Waals surface area contributed by atoms with Crippen LogP contribution in [0.25, 0.3) is 0 Å². The zero-order valence-corrected chi connectivity index (χ0v) is 14.9. The summed E-state index contributed by atoms with van der Waals surface area (Å²) in [6, 6.07) is 2.01. The number of hydrogen-bond donors (Lipinski definition) is 2. The molecule has 1 aromatic rings. The van der Waals surface area contributed by atoms with E-state index in [2.05, 4.69) is 20.5 Å². The van der Waals surface area contributed by atoms with Gasteiger partial charge in [-0.25, -0.2) is 13.8 Å². The Morgan fingerprint density at radius 1 is 1.32 bits per heavy atom. The Labute approximate surface area is 149 Å². The maximum absolute atomic E-state index is 13.3. The lowest BCUT2D eigenvalue weighted by Crippen LogP contribution is -2.46. The highest BCUT2D eigenvalue weighted by Crippen LogP contribution is 2.46. The van der Waals surface area contributed by atoms with Gasteiger partial charge in [0.15, 0.2) is 0 Å². The van der Waals surface area contributed by atoms with Crippen molar-refractivity contribution in [2.45, 2.75) is 60.9 Å². The molecule has 5 nitrogen and oxygen atoms in total. The molecular formula is C17H22F2N4OS. The molecule has 1 aliphatic heterocycles. The van der Waals surface area contributed by atoms with Crippen molar-refractivity contribution in [2.75, 3.05) is 17.3 Å². The van der Waals surface area contributed by atoms with Gasteiger partial charge in [0, 0.05) is 38.0 Å². The van der Waals surface area contributed by atoms with E-state index in [0.717, 1.165) is 23.4 Å². The van der Waals surface area contributed by atoms with E-state index in [4.69, 9.17) is 0 Å². The highest BCUT2D eigenvalue weighted by molar-refractivity contribution is 8.00. The molecule has 2 N–H and O–H groups in total. The van der Waals surface area contributed by atoms with Crippen molar-refractivity contribution in [3.05, 3.63) is 12.3 Å². The molecule has 0 spiro atoms. The van der Waals surface area contributed by atoms with Crippen LogP contribution >= 0.6 is 11.8 Å². The molecule has 2 saturated carbocycles. The number of alkyl halides is 2. The third kappa shape index (κ3) is 3.60. The third-order valence-electron chi connectivity index (χ3n) is 5.13. The number of fused-ring (bicyclic) bond motifs is 1. The van der Waals surface area contributed by atoms with Crippen molar-refractivity contribution < 1.29 is 13.6 Å². The number of carbonyl (C=O) groups is 1. The summed E-state index contributed by atoms with van der Waals surface area (Å²) in [6.45, 7) is 0. The molecule has 2 fully saturated rings. The van der Waals surface area contributed by atoms with E-state index in [1.54, 1.807) is 18.0 Å². The molecule has 3 aliphatic rings. The Morgan fingerprint density at radius 3 is 2.72 bits per heavy atom. The number of halogens is 2. The zero-order chi connectivity index (χ0) is 17.6. The van der Waals surface area contributed by atoms with Crippen LogP contribution in [0.1, 0.15) is 38.5 Å². The van der Waals surface area contributed by atoms with Gasteiger partial charge in [0.1, 0.15) is 11.3 Å². The summed E-state index contributed by atoms with van der Waals surface area (Å²) in [4.78, 5) is 19.4. The molecule has 1 amide bonds. The Morgan fingerprint density at radius 2 is 2.04 bits per heavy atom. The van der Waals surface area contributed by atoms with Gasteiger partial charge >= 0.3 is 0 Å². The van der Waals surface area contributed by atoms with Gasteiger partial charge in [-0.15, -0.1) is 0 Å². The summed E-state index contributed by atoms with van der Waals surface area (Å²) in [5.74, 6) is -1.75. The van der Waals surface area contributed by atoms with Crippen LogP contribution in [0, 0.1) is 5.92 Å². The van der Waals surface area contributed by atoms with Gasteiger partial charge in [0.05, 0.1) is 10.6 Å². The van der Waals surface area contributed by atoms with Crippen LogP contribution in [0.15, 0.2) is 17.2 Å². The molecule has 0 saturated heterocycles. The minimum Gasteiger partial charge on any atom is -0.349 e. The van der Waals surface area contributed by atoms with E-state index in [1.165, 1.54) is 0 Å². The Kier molecular flexibility index (Phi) is 4.35. The van der Waals surface area contributed by atoms with Gasteiger partial charge in [0.2, 0.25) is 11.8 Å². The first-order valence-corrected chi connectivity index (χ1v) is 9.64. The summed E-state index contributed by atoms with van der Waals surface area (Å²) < 4.78 is 26.7. The predicted molar refractivity (Wildman–Crippen MR) is 94.0 cm³/mol. The predicted octanol–water partition coefficient (Wildman–Crippen LogP) is 3.42. The van der Waals surface area contributed by atoms with Gasteiger partial charge in [-0.2, -0.15) is 0 Å². The SMILES string of the molecule is CN1c2ccnc(NC(=O)C3CC3)c2SC1NC1CCC(F)(F)CC1. The molecular weight excluding hydrogens is 346 g/mol. The fourth-order valence-corrected chi connectivity index (χ4v) is 4.66. The van der Waals surface area contributed by atoms with Crippen molar-refractivity contribution in [3.8, 4) is 0 Å². The van der Waals surface area contributed by atoms with Gasteiger partial charge in [0.25, 0.3) is 0 Å². The van der Waals surface area contributed by atoms with E-state index >= 15 is 0 Å². The van der Waals surface area contributed by atoms with Crippen molar-refractivity contribution in [1.29, 1.82) is 0 Å². The maximum atomic E-state index is 13.3. The van der Waals surface area contributed by atoms with Crippen LogP contribution in [-0.4, -0.2) is 35.4 Å². The molecule has 1 unspecified atom stereocenters. The molecule has 1 atom stereocenters. The van der Waals surface area contributed by atoms with E-state index in [0.29, 0.717) is 18.7 Å². The molecule has 2 heterocycles. The van der Waals surface area contributed by atoms with Crippen molar-refractivity contribution in [1.82, 2.24) is 10.3 Å². The third-order valence-corrected chi connectivity index (χ3v) is 6.44. The second-order valence-electron chi connectivity index (χ2n) is 7.15. The zero-order valence-electron chi connectivity index (χ0n) is 14.1. The number of carbonyl (C=O) groups excluding carboxylic acids is 1. The first-order chi connectivity index (χ1) is 11.9. The Hall–Kier alpha value is -1.41. The number of hydrogen-bond acceptors (Lipinski definition) is 5. The fraction of sp³-hybridized carbons (Fsp3) is 0.647. The molecule has 0 radical (unpaired) electrons. The molecule has 0 bridgehead atoms. The first kappa shape index (κ1) is 17.0. The summed E-state index contributed by atoms with van der Waals surface area (Å²) >= 11 is 1.59. The number of nitrogens with one attached hydrogen (secondary N) is 2. The molecule has 4 rings (SSSR count). The average Bonchev–Trinajstić information content (AvgIpc) is 3.37. The average molecular weight is 368 g/mol. The van der Waals surface area contributed by atoms with E-state index < -0.39 is 5.92 Å². The maximum Gasteiger partial charge on any atom is 0.248 e. The highest BCUT2D eigenvalue weighted by Gasteiger charge is 2.38. The molecule has 8 heteroatoms. The van der Waals surface area contributed by atoms with Gasteiger partial charge in [-0.3, -0.25) is 10.1 Å². The first-order valence-electron chi connectivity index (χ1n) is 8.76. The number of nitrogens with zero attached hydrogens (tertiary/aromatic N) is 2. The van der Waals surface area contributed by atoms with Crippen LogP contribution < -0.4 is 15.5 Å². The fourth-order valence-electron chi connectivity index (χ4n) is 3.36. The normalized spacial score (nSPS) is 25.7. The highest BCUT2D eigenvalue weighted by atomic mass is 32.2. The number of anilines is 2. The summed E-state index contributed by atoms with van der Waals surface area (Å²) in [7, 11) is 1.97. The summed E-state index contributed by atoms with van der Waals surface area (Å²) in [6.07, 6.45) is 4.46. The molecule has 0 aromatic carbocycles. The molecule has 1 aromatic heterocycles. The number of aromatic nitrogens is 1. The van der Waals surface area contributed by atoms with Crippen molar-refractivity contribution in [3.63, 3.8) is 0 Å². The number of amides is 1. The topological polar surface area (TPSA) is 57.3 Å². The van der Waals surface area contributed by atoms with Crippen molar-refractivity contribution in [2.24, 2.45) is 5.92 Å². The largest absolute Gasteiger partial charge is 0.349 e. The van der Waals surface area contributed by atoms with E-state index in [9.17, 15) is 13.6 Å². The second kappa shape index (κ2) is 6.39.